The minimum Gasteiger partial charge on any atom is -0.508 e. The molecular formula is C26H28N2O7. The molecule has 0 heterocycles. The number of hydrogen-bond donors (Lipinski definition) is 5. The zero-order chi connectivity index (χ0) is 25.4. The summed E-state index contributed by atoms with van der Waals surface area (Å²) in [6, 6.07) is 18.3. The number of rotatable bonds is 12. The summed E-state index contributed by atoms with van der Waals surface area (Å²) in [6.07, 6.45) is 0. The number of aliphatic carboxylic acids is 2. The molecule has 0 atom stereocenters. The molecule has 9 heteroatoms. The fourth-order valence-corrected chi connectivity index (χ4v) is 3.87. The maximum atomic E-state index is 11.4. The second-order valence-electron chi connectivity index (χ2n) is 8.26. The van der Waals surface area contributed by atoms with Crippen molar-refractivity contribution in [2.24, 2.45) is 0 Å². The van der Waals surface area contributed by atoms with Crippen LogP contribution in [-0.2, 0) is 35.8 Å². The lowest BCUT2D eigenvalue weighted by atomic mass is 10.1. The Balaban J connectivity index is 1.81. The number of aromatic hydroxyl groups is 3. The molecule has 0 bridgehead atoms. The van der Waals surface area contributed by atoms with E-state index in [0.717, 1.165) is 0 Å². The highest BCUT2D eigenvalue weighted by Gasteiger charge is 2.19. The van der Waals surface area contributed by atoms with Crippen molar-refractivity contribution in [3.05, 3.63) is 89.0 Å². The van der Waals surface area contributed by atoms with Crippen molar-refractivity contribution in [1.29, 1.82) is 0 Å². The largest absolute Gasteiger partial charge is 0.508 e. The number of carboxylic acid groups (broad SMARTS) is 2. The van der Waals surface area contributed by atoms with Gasteiger partial charge < -0.3 is 25.5 Å². The molecule has 0 saturated carbocycles. The molecule has 0 aromatic heterocycles. The van der Waals surface area contributed by atoms with Gasteiger partial charge in [0.25, 0.3) is 0 Å². The van der Waals surface area contributed by atoms with E-state index in [1.807, 2.05) is 0 Å². The Morgan fingerprint density at radius 2 is 0.886 bits per heavy atom. The van der Waals surface area contributed by atoms with Gasteiger partial charge in [-0.05, 0) is 12.1 Å². The van der Waals surface area contributed by atoms with Gasteiger partial charge in [-0.15, -0.1) is 0 Å². The topological polar surface area (TPSA) is 142 Å². The molecule has 5 N–H and O–H groups in total. The third-order valence-electron chi connectivity index (χ3n) is 5.48. The van der Waals surface area contributed by atoms with Crippen LogP contribution in [0.25, 0.3) is 0 Å². The van der Waals surface area contributed by atoms with E-state index in [0.29, 0.717) is 22.3 Å². The average Bonchev–Trinajstić information content (AvgIpc) is 2.78. The van der Waals surface area contributed by atoms with E-state index in [4.69, 9.17) is 0 Å². The SMILES string of the molecule is O=C(O)CN(Cc1ccccc1O)Cc1cccc(CN(CC(=O)O)Cc2ccccc2O)c1O. The molecular weight excluding hydrogens is 452 g/mol. The first-order valence-electron chi connectivity index (χ1n) is 10.9. The fraction of sp³-hybridized carbons (Fsp3) is 0.231. The Labute approximate surface area is 202 Å². The Kier molecular flexibility index (Phi) is 8.66. The molecule has 0 aliphatic carbocycles. The summed E-state index contributed by atoms with van der Waals surface area (Å²) in [4.78, 5) is 26.0. The number of para-hydroxylation sites is 3. The quantitative estimate of drug-likeness (QED) is 0.264. The third-order valence-corrected chi connectivity index (χ3v) is 5.48. The molecule has 0 radical (unpaired) electrons. The van der Waals surface area contributed by atoms with Crippen LogP contribution in [0.2, 0.25) is 0 Å². The maximum Gasteiger partial charge on any atom is 0.317 e. The Morgan fingerprint density at radius 3 is 1.26 bits per heavy atom. The Bertz CT molecular complexity index is 1090. The summed E-state index contributed by atoms with van der Waals surface area (Å²) < 4.78 is 0. The van der Waals surface area contributed by atoms with Gasteiger partial charge in [-0.3, -0.25) is 19.4 Å². The summed E-state index contributed by atoms with van der Waals surface area (Å²) in [6.45, 7) is -0.119. The molecule has 0 unspecified atom stereocenters. The third kappa shape index (κ3) is 7.46. The van der Waals surface area contributed by atoms with E-state index in [9.17, 15) is 35.1 Å². The number of phenolic OH excluding ortho intramolecular Hbond substituents is 3. The van der Waals surface area contributed by atoms with Crippen LogP contribution in [0.4, 0.5) is 0 Å². The lowest BCUT2D eigenvalue weighted by molar-refractivity contribution is -0.139. The van der Waals surface area contributed by atoms with Crippen LogP contribution < -0.4 is 0 Å². The summed E-state index contributed by atoms with van der Waals surface area (Å²) >= 11 is 0. The molecule has 9 nitrogen and oxygen atoms in total. The first-order valence-corrected chi connectivity index (χ1v) is 10.9. The molecule has 0 saturated heterocycles. The fourth-order valence-electron chi connectivity index (χ4n) is 3.87. The van der Waals surface area contributed by atoms with Gasteiger partial charge in [-0.25, -0.2) is 0 Å². The summed E-state index contributed by atoms with van der Waals surface area (Å²) in [7, 11) is 0. The van der Waals surface area contributed by atoms with Gasteiger partial charge in [-0.1, -0.05) is 54.6 Å². The van der Waals surface area contributed by atoms with Crippen molar-refractivity contribution in [3.63, 3.8) is 0 Å². The van der Waals surface area contributed by atoms with Gasteiger partial charge >= 0.3 is 11.9 Å². The molecule has 3 aromatic carbocycles. The molecule has 3 rings (SSSR count). The van der Waals surface area contributed by atoms with Crippen molar-refractivity contribution in [2.75, 3.05) is 13.1 Å². The number of carbonyl (C=O) groups is 2. The molecule has 0 aliphatic rings. The van der Waals surface area contributed by atoms with Gasteiger partial charge in [0.2, 0.25) is 0 Å². The normalized spacial score (nSPS) is 11.1. The number of phenols is 3. The van der Waals surface area contributed by atoms with Crippen LogP contribution in [0.1, 0.15) is 22.3 Å². The first kappa shape index (κ1) is 25.5. The zero-order valence-corrected chi connectivity index (χ0v) is 19.0. The van der Waals surface area contributed by atoms with E-state index in [1.165, 1.54) is 12.1 Å². The molecule has 0 aliphatic heterocycles. The minimum atomic E-state index is -1.05. The molecule has 184 valence electrons. The molecule has 0 spiro atoms. The lowest BCUT2D eigenvalue weighted by Crippen LogP contribution is -2.30. The summed E-state index contributed by atoms with van der Waals surface area (Å²) in [5, 5.41) is 49.8. The van der Waals surface area contributed by atoms with Gasteiger partial charge in [0, 0.05) is 48.4 Å². The summed E-state index contributed by atoms with van der Waals surface area (Å²) in [5.41, 5.74) is 2.05. The number of carboxylic acids is 2. The molecule has 3 aromatic rings. The van der Waals surface area contributed by atoms with Gasteiger partial charge in [-0.2, -0.15) is 0 Å². The maximum absolute atomic E-state index is 11.4. The Morgan fingerprint density at radius 1 is 0.543 bits per heavy atom. The predicted molar refractivity (Wildman–Crippen MR) is 128 cm³/mol. The predicted octanol–water partition coefficient (Wildman–Crippen LogP) is 2.98. The van der Waals surface area contributed by atoms with E-state index in [1.54, 1.807) is 64.4 Å². The van der Waals surface area contributed by atoms with Crippen LogP contribution in [0.5, 0.6) is 17.2 Å². The number of benzene rings is 3. The second kappa shape index (κ2) is 11.9. The summed E-state index contributed by atoms with van der Waals surface area (Å²) in [5.74, 6) is -2.06. The lowest BCUT2D eigenvalue weighted by Gasteiger charge is -2.24. The number of nitrogens with zero attached hydrogens (tertiary/aromatic N) is 2. The first-order chi connectivity index (χ1) is 16.7. The van der Waals surface area contributed by atoms with Crippen LogP contribution in [-0.4, -0.2) is 60.4 Å². The highest BCUT2D eigenvalue weighted by molar-refractivity contribution is 5.69. The number of hydrogen-bond acceptors (Lipinski definition) is 7. The van der Waals surface area contributed by atoms with E-state index >= 15 is 0 Å². The molecule has 0 fully saturated rings. The zero-order valence-electron chi connectivity index (χ0n) is 19.0. The minimum absolute atomic E-state index is 0.0503. The highest BCUT2D eigenvalue weighted by atomic mass is 16.4. The van der Waals surface area contributed by atoms with Crippen molar-refractivity contribution < 1.29 is 35.1 Å². The van der Waals surface area contributed by atoms with Gasteiger partial charge in [0.15, 0.2) is 0 Å². The average molecular weight is 481 g/mol. The van der Waals surface area contributed by atoms with Crippen LogP contribution >= 0.6 is 0 Å². The van der Waals surface area contributed by atoms with Crippen LogP contribution in [0, 0.1) is 0 Å². The van der Waals surface area contributed by atoms with E-state index in [-0.39, 0.29) is 56.5 Å². The van der Waals surface area contributed by atoms with Gasteiger partial charge in [0.05, 0.1) is 13.1 Å². The van der Waals surface area contributed by atoms with E-state index in [2.05, 4.69) is 0 Å². The van der Waals surface area contributed by atoms with Crippen molar-refractivity contribution in [2.45, 2.75) is 26.2 Å². The van der Waals surface area contributed by atoms with Crippen molar-refractivity contribution >= 4 is 11.9 Å². The standard InChI is InChI=1S/C26H28N2O7/c29-22-10-3-1-6-18(22)12-27(16-24(31)32)14-20-8-5-9-21(26(20)35)15-28(17-25(33)34)13-19-7-2-4-11-23(19)30/h1-11,29-30,35H,12-17H2,(H,31,32)(H,33,34). The molecule has 35 heavy (non-hydrogen) atoms. The highest BCUT2D eigenvalue weighted by Crippen LogP contribution is 2.28. The smallest absolute Gasteiger partial charge is 0.317 e. The van der Waals surface area contributed by atoms with E-state index < -0.39 is 11.9 Å². The second-order valence-corrected chi connectivity index (χ2v) is 8.26. The van der Waals surface area contributed by atoms with Crippen LogP contribution in [0.15, 0.2) is 66.7 Å². The van der Waals surface area contributed by atoms with Crippen molar-refractivity contribution in [3.8, 4) is 17.2 Å². The monoisotopic (exact) mass is 480 g/mol. The molecule has 0 amide bonds. The van der Waals surface area contributed by atoms with Crippen molar-refractivity contribution in [1.82, 2.24) is 9.80 Å². The Hall–Kier alpha value is -4.08. The van der Waals surface area contributed by atoms with Crippen LogP contribution in [0.3, 0.4) is 0 Å². The van der Waals surface area contributed by atoms with Gasteiger partial charge in [0.1, 0.15) is 17.2 Å².